The molecule has 0 heterocycles. The lowest BCUT2D eigenvalue weighted by Gasteiger charge is -2.15. The molecule has 26 heavy (non-hydrogen) atoms. The summed E-state index contributed by atoms with van der Waals surface area (Å²) in [7, 11) is -3.75. The number of unbranched alkanes of at least 4 members (excludes halogenated alkanes) is 1. The summed E-state index contributed by atoms with van der Waals surface area (Å²) in [5.74, 6) is 0. The van der Waals surface area contributed by atoms with Gasteiger partial charge in [0.05, 0.1) is 11.0 Å². The smallest absolute Gasteiger partial charge is 0.263 e. The Morgan fingerprint density at radius 1 is 1.08 bits per heavy atom. The largest absolute Gasteiger partial charge is 0.297 e. The van der Waals surface area contributed by atoms with E-state index in [9.17, 15) is 8.42 Å². The van der Waals surface area contributed by atoms with Gasteiger partial charge in [0.2, 0.25) is 0 Å². The zero-order valence-electron chi connectivity index (χ0n) is 15.4. The molecule has 4 heteroatoms. The van der Waals surface area contributed by atoms with Crippen LogP contribution in [0.4, 0.5) is 0 Å². The normalized spacial score (nSPS) is 12.2. The van der Waals surface area contributed by atoms with Gasteiger partial charge in [-0.25, -0.2) is 0 Å². The molecule has 0 bridgehead atoms. The molecule has 0 aromatic heterocycles. The van der Waals surface area contributed by atoms with Crippen molar-refractivity contribution in [2.45, 2.75) is 50.5 Å². The van der Waals surface area contributed by atoms with Crippen LogP contribution in [0.1, 0.15) is 43.7 Å². The second-order valence-corrected chi connectivity index (χ2v) is 7.86. The Kier molecular flexibility index (Phi) is 7.86. The van der Waals surface area contributed by atoms with Gasteiger partial charge in [-0.3, -0.25) is 4.18 Å². The van der Waals surface area contributed by atoms with Crippen LogP contribution in [0.5, 0.6) is 0 Å². The Balaban J connectivity index is 2.06. The number of hydrogen-bond acceptors (Lipinski definition) is 3. The Hall–Kier alpha value is -2.13. The van der Waals surface area contributed by atoms with E-state index in [-0.39, 0.29) is 11.0 Å². The molecule has 0 saturated carbocycles. The van der Waals surface area contributed by atoms with Gasteiger partial charge in [0.1, 0.15) is 0 Å². The van der Waals surface area contributed by atoms with Gasteiger partial charge >= 0.3 is 0 Å². The second kappa shape index (κ2) is 10.1. The lowest BCUT2D eigenvalue weighted by molar-refractivity contribution is 0.198. The third-order valence-corrected chi connectivity index (χ3v) is 5.38. The van der Waals surface area contributed by atoms with Crippen LogP contribution in [-0.2, 0) is 14.3 Å². The SMILES string of the molecule is CCCCC(CC=C=Cc1ccccc1)OS(=O)(=O)c1ccc(C)cc1. The molecule has 0 aliphatic carbocycles. The average Bonchev–Trinajstić information content (AvgIpc) is 2.64. The Morgan fingerprint density at radius 3 is 2.42 bits per heavy atom. The summed E-state index contributed by atoms with van der Waals surface area (Å²) < 4.78 is 30.5. The molecule has 0 N–H and O–H groups in total. The summed E-state index contributed by atoms with van der Waals surface area (Å²) >= 11 is 0. The van der Waals surface area contributed by atoms with E-state index in [1.54, 1.807) is 24.3 Å². The van der Waals surface area contributed by atoms with Crippen molar-refractivity contribution in [3.05, 3.63) is 77.5 Å². The van der Waals surface area contributed by atoms with E-state index < -0.39 is 10.1 Å². The van der Waals surface area contributed by atoms with Crippen molar-refractivity contribution < 1.29 is 12.6 Å². The number of rotatable bonds is 9. The third kappa shape index (κ3) is 6.64. The molecule has 3 nitrogen and oxygen atoms in total. The van der Waals surface area contributed by atoms with Crippen LogP contribution in [-0.4, -0.2) is 14.5 Å². The lowest BCUT2D eigenvalue weighted by Crippen LogP contribution is -2.18. The number of aryl methyl sites for hydroxylation is 1. The van der Waals surface area contributed by atoms with Gasteiger partial charge in [0.25, 0.3) is 10.1 Å². The lowest BCUT2D eigenvalue weighted by atomic mass is 10.1. The second-order valence-electron chi connectivity index (χ2n) is 6.29. The van der Waals surface area contributed by atoms with Gasteiger partial charge in [-0.2, -0.15) is 8.42 Å². The summed E-state index contributed by atoms with van der Waals surface area (Å²) in [6.07, 6.45) is 6.47. The van der Waals surface area contributed by atoms with Crippen LogP contribution >= 0.6 is 0 Å². The van der Waals surface area contributed by atoms with E-state index in [1.165, 1.54) is 0 Å². The summed E-state index contributed by atoms with van der Waals surface area (Å²) in [6.45, 7) is 4.00. The molecule has 0 aliphatic heterocycles. The Morgan fingerprint density at radius 2 is 1.77 bits per heavy atom. The quantitative estimate of drug-likeness (QED) is 0.431. The summed E-state index contributed by atoms with van der Waals surface area (Å²) in [5, 5.41) is 0. The van der Waals surface area contributed by atoms with Gasteiger partial charge in [0.15, 0.2) is 0 Å². The minimum Gasteiger partial charge on any atom is -0.263 e. The summed E-state index contributed by atoms with van der Waals surface area (Å²) in [6, 6.07) is 16.6. The van der Waals surface area contributed by atoms with Crippen LogP contribution < -0.4 is 0 Å². The van der Waals surface area contributed by atoms with Crippen molar-refractivity contribution in [3.63, 3.8) is 0 Å². The minimum atomic E-state index is -3.75. The molecule has 0 fully saturated rings. The summed E-state index contributed by atoms with van der Waals surface area (Å²) in [4.78, 5) is 0.202. The zero-order valence-corrected chi connectivity index (χ0v) is 16.2. The van der Waals surface area contributed by atoms with E-state index in [0.717, 1.165) is 24.0 Å². The van der Waals surface area contributed by atoms with E-state index in [0.29, 0.717) is 12.8 Å². The molecule has 2 rings (SSSR count). The first-order chi connectivity index (χ1) is 12.5. The van der Waals surface area contributed by atoms with Crippen molar-refractivity contribution in [2.75, 3.05) is 0 Å². The summed E-state index contributed by atoms with van der Waals surface area (Å²) in [5.41, 5.74) is 5.19. The van der Waals surface area contributed by atoms with Crippen molar-refractivity contribution in [1.29, 1.82) is 0 Å². The molecule has 2 aromatic rings. The first-order valence-electron chi connectivity index (χ1n) is 8.97. The fraction of sp³-hybridized carbons (Fsp3) is 0.318. The molecule has 1 atom stereocenters. The predicted molar refractivity (Wildman–Crippen MR) is 106 cm³/mol. The van der Waals surface area contributed by atoms with Crippen LogP contribution in [0, 0.1) is 6.92 Å². The van der Waals surface area contributed by atoms with Crippen LogP contribution in [0.25, 0.3) is 6.08 Å². The standard InChI is InChI=1S/C22H26O3S/c1-3-4-13-21(14-9-8-12-20-10-6-5-7-11-20)25-26(23,24)22-17-15-19(2)16-18-22/h5-7,9-12,15-18,21H,3-4,13-14H2,1-2H3. The zero-order chi connectivity index (χ0) is 18.8. The molecule has 2 aromatic carbocycles. The average molecular weight is 371 g/mol. The van der Waals surface area contributed by atoms with Gasteiger partial charge < -0.3 is 0 Å². The van der Waals surface area contributed by atoms with E-state index in [4.69, 9.17) is 4.18 Å². The minimum absolute atomic E-state index is 0.202. The highest BCUT2D eigenvalue weighted by atomic mass is 32.2. The van der Waals surface area contributed by atoms with E-state index in [1.807, 2.05) is 49.4 Å². The fourth-order valence-electron chi connectivity index (χ4n) is 2.48. The van der Waals surface area contributed by atoms with Crippen molar-refractivity contribution >= 4 is 16.2 Å². The molecule has 0 aliphatic rings. The van der Waals surface area contributed by atoms with Crippen LogP contribution in [0.2, 0.25) is 0 Å². The Bertz CT molecular complexity index is 831. The maximum Gasteiger partial charge on any atom is 0.297 e. The highest BCUT2D eigenvalue weighted by Gasteiger charge is 2.20. The molecule has 0 spiro atoms. The van der Waals surface area contributed by atoms with Gasteiger partial charge in [-0.1, -0.05) is 67.8 Å². The van der Waals surface area contributed by atoms with Crippen molar-refractivity contribution in [1.82, 2.24) is 0 Å². The van der Waals surface area contributed by atoms with Gasteiger partial charge in [0, 0.05) is 6.42 Å². The molecule has 138 valence electrons. The number of benzene rings is 2. The molecular formula is C22H26O3S. The van der Waals surface area contributed by atoms with E-state index >= 15 is 0 Å². The van der Waals surface area contributed by atoms with Gasteiger partial charge in [-0.15, -0.1) is 5.73 Å². The van der Waals surface area contributed by atoms with Crippen molar-refractivity contribution in [2.24, 2.45) is 0 Å². The first kappa shape index (κ1) is 20.2. The molecular weight excluding hydrogens is 344 g/mol. The fourth-order valence-corrected chi connectivity index (χ4v) is 3.59. The maximum absolute atomic E-state index is 12.5. The highest BCUT2D eigenvalue weighted by Crippen LogP contribution is 2.19. The Labute approximate surface area is 157 Å². The maximum atomic E-state index is 12.5. The molecule has 0 amide bonds. The number of hydrogen-bond donors (Lipinski definition) is 0. The van der Waals surface area contributed by atoms with Gasteiger partial charge in [-0.05, 0) is 43.2 Å². The topological polar surface area (TPSA) is 43.4 Å². The first-order valence-corrected chi connectivity index (χ1v) is 10.4. The van der Waals surface area contributed by atoms with Crippen LogP contribution in [0.3, 0.4) is 0 Å². The molecule has 1 unspecified atom stereocenters. The monoisotopic (exact) mass is 370 g/mol. The molecule has 0 saturated heterocycles. The predicted octanol–water partition coefficient (Wildman–Crippen LogP) is 5.52. The third-order valence-electron chi connectivity index (χ3n) is 4.00. The van der Waals surface area contributed by atoms with Crippen LogP contribution in [0.15, 0.2) is 71.3 Å². The molecule has 0 radical (unpaired) electrons. The van der Waals surface area contributed by atoms with E-state index in [2.05, 4.69) is 12.7 Å². The van der Waals surface area contributed by atoms with Crippen molar-refractivity contribution in [3.8, 4) is 0 Å². The highest BCUT2D eigenvalue weighted by molar-refractivity contribution is 7.86.